The molecule has 0 saturated carbocycles. The Balaban J connectivity index is 1.52. The third-order valence-electron chi connectivity index (χ3n) is 5.20. The van der Waals surface area contributed by atoms with Gasteiger partial charge in [0.1, 0.15) is 0 Å². The van der Waals surface area contributed by atoms with Gasteiger partial charge < -0.3 is 9.80 Å². The predicted molar refractivity (Wildman–Crippen MR) is 100 cm³/mol. The summed E-state index contributed by atoms with van der Waals surface area (Å²) >= 11 is 0. The number of carbonyl (C=O) groups is 1. The van der Waals surface area contributed by atoms with E-state index < -0.39 is 10.0 Å². The summed E-state index contributed by atoms with van der Waals surface area (Å²) in [7, 11) is -1.39. The van der Waals surface area contributed by atoms with Crippen LogP contribution in [0.4, 0.5) is 0 Å². The largest absolute Gasteiger partial charge is 0.339 e. The standard InChI is InChI=1S/C18H28N4O3S/c1-16-3-5-17(6-4-16)26(24,25)22-13-9-20(10-14-22)15-18(23)21-11-7-19(2)8-12-21/h3-6H,7-15H2,1-2H3. The van der Waals surface area contributed by atoms with E-state index in [0.717, 1.165) is 31.7 Å². The van der Waals surface area contributed by atoms with Gasteiger partial charge in [0.05, 0.1) is 11.4 Å². The molecule has 0 spiro atoms. The van der Waals surface area contributed by atoms with Crippen molar-refractivity contribution in [1.82, 2.24) is 19.0 Å². The van der Waals surface area contributed by atoms with Crippen LogP contribution in [0.1, 0.15) is 5.56 Å². The molecule has 1 aromatic rings. The topological polar surface area (TPSA) is 64.2 Å². The fourth-order valence-corrected chi connectivity index (χ4v) is 4.76. The molecule has 144 valence electrons. The van der Waals surface area contributed by atoms with Crippen LogP contribution in [-0.4, -0.2) is 99.3 Å². The quantitative estimate of drug-likeness (QED) is 0.740. The fourth-order valence-electron chi connectivity index (χ4n) is 3.33. The van der Waals surface area contributed by atoms with Gasteiger partial charge in [-0.2, -0.15) is 4.31 Å². The van der Waals surface area contributed by atoms with E-state index in [2.05, 4.69) is 16.8 Å². The Morgan fingerprint density at radius 1 is 0.923 bits per heavy atom. The molecule has 7 nitrogen and oxygen atoms in total. The third-order valence-corrected chi connectivity index (χ3v) is 7.12. The fraction of sp³-hybridized carbons (Fsp3) is 0.611. The van der Waals surface area contributed by atoms with Crippen molar-refractivity contribution in [2.24, 2.45) is 0 Å². The second-order valence-electron chi connectivity index (χ2n) is 7.18. The number of benzene rings is 1. The second kappa shape index (κ2) is 8.04. The van der Waals surface area contributed by atoms with E-state index in [4.69, 9.17) is 0 Å². The van der Waals surface area contributed by atoms with E-state index in [9.17, 15) is 13.2 Å². The Kier molecular flexibility index (Phi) is 5.96. The molecule has 2 heterocycles. The molecule has 8 heteroatoms. The van der Waals surface area contributed by atoms with E-state index in [1.54, 1.807) is 12.1 Å². The zero-order valence-electron chi connectivity index (χ0n) is 15.6. The number of nitrogens with zero attached hydrogens (tertiary/aromatic N) is 4. The van der Waals surface area contributed by atoms with Crippen LogP contribution in [0.5, 0.6) is 0 Å². The van der Waals surface area contributed by atoms with Gasteiger partial charge in [-0.15, -0.1) is 0 Å². The molecule has 0 aromatic heterocycles. The molecule has 3 rings (SSSR count). The predicted octanol–water partition coefficient (Wildman–Crippen LogP) is 0.0753. The van der Waals surface area contributed by atoms with Crippen LogP contribution in [0.3, 0.4) is 0 Å². The molecule has 0 aliphatic carbocycles. The lowest BCUT2D eigenvalue weighted by molar-refractivity contribution is -0.134. The molecule has 2 aliphatic rings. The van der Waals surface area contributed by atoms with Crippen LogP contribution in [0.25, 0.3) is 0 Å². The van der Waals surface area contributed by atoms with Gasteiger partial charge in [0, 0.05) is 52.4 Å². The Morgan fingerprint density at radius 3 is 2.08 bits per heavy atom. The van der Waals surface area contributed by atoms with E-state index in [0.29, 0.717) is 37.6 Å². The van der Waals surface area contributed by atoms with Crippen molar-refractivity contribution in [2.45, 2.75) is 11.8 Å². The number of piperazine rings is 2. The lowest BCUT2D eigenvalue weighted by atomic mass is 10.2. The van der Waals surface area contributed by atoms with Gasteiger partial charge in [-0.05, 0) is 26.1 Å². The molecule has 0 bridgehead atoms. The minimum atomic E-state index is -3.45. The number of aryl methyl sites for hydroxylation is 1. The summed E-state index contributed by atoms with van der Waals surface area (Å²) in [5, 5.41) is 0. The number of hydrogen-bond donors (Lipinski definition) is 0. The zero-order chi connectivity index (χ0) is 18.7. The average molecular weight is 381 g/mol. The molecular formula is C18H28N4O3S. The van der Waals surface area contributed by atoms with Gasteiger partial charge in [0.15, 0.2) is 0 Å². The summed E-state index contributed by atoms with van der Waals surface area (Å²) in [5.74, 6) is 0.146. The van der Waals surface area contributed by atoms with Crippen LogP contribution >= 0.6 is 0 Å². The Morgan fingerprint density at radius 2 is 1.50 bits per heavy atom. The summed E-state index contributed by atoms with van der Waals surface area (Å²) in [6, 6.07) is 6.96. The molecule has 2 fully saturated rings. The molecule has 1 aromatic carbocycles. The monoisotopic (exact) mass is 380 g/mol. The molecule has 2 aliphatic heterocycles. The maximum Gasteiger partial charge on any atom is 0.243 e. The molecule has 0 N–H and O–H groups in total. The van der Waals surface area contributed by atoms with Gasteiger partial charge in [-0.25, -0.2) is 8.42 Å². The molecule has 1 amide bonds. The highest BCUT2D eigenvalue weighted by Gasteiger charge is 2.30. The van der Waals surface area contributed by atoms with Gasteiger partial charge in [-0.1, -0.05) is 17.7 Å². The summed E-state index contributed by atoms with van der Waals surface area (Å²) in [4.78, 5) is 19.0. The van der Waals surface area contributed by atoms with Crippen molar-refractivity contribution in [3.05, 3.63) is 29.8 Å². The zero-order valence-corrected chi connectivity index (χ0v) is 16.4. The first-order valence-corrected chi connectivity index (χ1v) is 10.6. The molecule has 2 saturated heterocycles. The number of rotatable bonds is 4. The molecular weight excluding hydrogens is 352 g/mol. The number of amides is 1. The Bertz CT molecular complexity index is 719. The average Bonchev–Trinajstić information content (AvgIpc) is 2.63. The van der Waals surface area contributed by atoms with Crippen molar-refractivity contribution in [2.75, 3.05) is 66.0 Å². The van der Waals surface area contributed by atoms with E-state index in [1.165, 1.54) is 4.31 Å². The first-order chi connectivity index (χ1) is 12.4. The lowest BCUT2D eigenvalue weighted by Crippen LogP contribution is -2.53. The molecule has 0 radical (unpaired) electrons. The molecule has 0 atom stereocenters. The maximum atomic E-state index is 12.7. The SMILES string of the molecule is Cc1ccc(S(=O)(=O)N2CCN(CC(=O)N3CCN(C)CC3)CC2)cc1. The second-order valence-corrected chi connectivity index (χ2v) is 9.12. The highest BCUT2D eigenvalue weighted by Crippen LogP contribution is 2.18. The number of likely N-dealkylation sites (N-methyl/N-ethyl adjacent to an activating group) is 1. The van der Waals surface area contributed by atoms with Crippen LogP contribution in [0, 0.1) is 6.92 Å². The van der Waals surface area contributed by atoms with Crippen LogP contribution in [-0.2, 0) is 14.8 Å². The van der Waals surface area contributed by atoms with E-state index >= 15 is 0 Å². The minimum Gasteiger partial charge on any atom is -0.339 e. The van der Waals surface area contributed by atoms with E-state index in [1.807, 2.05) is 24.0 Å². The maximum absolute atomic E-state index is 12.7. The number of sulfonamides is 1. The Labute approximate surface area is 156 Å². The highest BCUT2D eigenvalue weighted by molar-refractivity contribution is 7.89. The van der Waals surface area contributed by atoms with Crippen LogP contribution in [0.15, 0.2) is 29.2 Å². The van der Waals surface area contributed by atoms with E-state index in [-0.39, 0.29) is 5.91 Å². The first kappa shape index (κ1) is 19.3. The molecule has 0 unspecified atom stereocenters. The smallest absolute Gasteiger partial charge is 0.243 e. The van der Waals surface area contributed by atoms with Gasteiger partial charge in [-0.3, -0.25) is 9.69 Å². The van der Waals surface area contributed by atoms with Gasteiger partial charge in [0.25, 0.3) is 0 Å². The van der Waals surface area contributed by atoms with Gasteiger partial charge >= 0.3 is 0 Å². The number of carbonyl (C=O) groups excluding carboxylic acids is 1. The van der Waals surface area contributed by atoms with Gasteiger partial charge in [0.2, 0.25) is 15.9 Å². The van der Waals surface area contributed by atoms with Crippen molar-refractivity contribution in [1.29, 1.82) is 0 Å². The van der Waals surface area contributed by atoms with Crippen LogP contribution in [0.2, 0.25) is 0 Å². The summed E-state index contributed by atoms with van der Waals surface area (Å²) in [5.41, 5.74) is 1.04. The van der Waals surface area contributed by atoms with Crippen molar-refractivity contribution < 1.29 is 13.2 Å². The third kappa shape index (κ3) is 4.43. The Hall–Kier alpha value is -1.48. The lowest BCUT2D eigenvalue weighted by Gasteiger charge is -2.36. The molecule has 26 heavy (non-hydrogen) atoms. The number of hydrogen-bond acceptors (Lipinski definition) is 5. The highest BCUT2D eigenvalue weighted by atomic mass is 32.2. The van der Waals surface area contributed by atoms with Crippen LogP contribution < -0.4 is 0 Å². The summed E-state index contributed by atoms with van der Waals surface area (Å²) in [6.07, 6.45) is 0. The van der Waals surface area contributed by atoms with Crippen molar-refractivity contribution in [3.63, 3.8) is 0 Å². The van der Waals surface area contributed by atoms with Crippen molar-refractivity contribution in [3.8, 4) is 0 Å². The first-order valence-electron chi connectivity index (χ1n) is 9.12. The van der Waals surface area contributed by atoms with Crippen molar-refractivity contribution >= 4 is 15.9 Å². The minimum absolute atomic E-state index is 0.146. The normalized spacial score (nSPS) is 21.1. The summed E-state index contributed by atoms with van der Waals surface area (Å²) < 4.78 is 27.0. The summed E-state index contributed by atoms with van der Waals surface area (Å²) in [6.45, 7) is 7.71.